The Labute approximate surface area is 167 Å². The molecule has 1 N–H and O–H groups in total. The predicted molar refractivity (Wildman–Crippen MR) is 113 cm³/mol. The van der Waals surface area contributed by atoms with E-state index < -0.39 is 0 Å². The van der Waals surface area contributed by atoms with Crippen molar-refractivity contribution in [3.8, 4) is 0 Å². The van der Waals surface area contributed by atoms with E-state index in [0.717, 1.165) is 30.4 Å². The van der Waals surface area contributed by atoms with Crippen LogP contribution in [0, 0.1) is 6.92 Å². The summed E-state index contributed by atoms with van der Waals surface area (Å²) in [5.41, 5.74) is 0. The maximum absolute atomic E-state index is 5.44. The second-order valence-corrected chi connectivity index (χ2v) is 7.77. The number of aryl methyl sites for hydroxylation is 1. The van der Waals surface area contributed by atoms with Crippen molar-refractivity contribution < 1.29 is 8.83 Å². The molecule has 0 amide bonds. The van der Waals surface area contributed by atoms with Crippen molar-refractivity contribution in [3.05, 3.63) is 92.6 Å². The Balaban J connectivity index is 0.000000156. The summed E-state index contributed by atoms with van der Waals surface area (Å²) >= 11 is 3.45. The number of hydrogen-bond donors (Lipinski definition) is 1. The van der Waals surface area contributed by atoms with Crippen LogP contribution in [0.2, 0.25) is 0 Å². The second-order valence-electron chi connectivity index (χ2n) is 5.76. The Kier molecular flexibility index (Phi) is 7.65. The van der Waals surface area contributed by atoms with Gasteiger partial charge in [0.1, 0.15) is 17.3 Å². The molecule has 0 aliphatic heterocycles. The number of furan rings is 2. The average Bonchev–Trinajstić information content (AvgIpc) is 3.46. The molecule has 0 saturated heterocycles. The van der Waals surface area contributed by atoms with Gasteiger partial charge in [0.2, 0.25) is 0 Å². The summed E-state index contributed by atoms with van der Waals surface area (Å²) in [5, 5.41) is 7.46. The summed E-state index contributed by atoms with van der Waals surface area (Å²) in [4.78, 5) is 6.78. The van der Waals surface area contributed by atoms with Gasteiger partial charge in [0, 0.05) is 22.5 Å². The van der Waals surface area contributed by atoms with Crippen LogP contribution in [-0.4, -0.2) is 6.21 Å². The molecule has 4 aromatic rings. The molecule has 0 aromatic carbocycles. The quantitative estimate of drug-likeness (QED) is 0.394. The molecule has 4 heterocycles. The van der Waals surface area contributed by atoms with E-state index in [9.17, 15) is 0 Å². The first-order valence-electron chi connectivity index (χ1n) is 8.64. The Hall–Kier alpha value is -2.41. The zero-order chi connectivity index (χ0) is 18.7. The molecule has 4 nitrogen and oxygen atoms in total. The van der Waals surface area contributed by atoms with Gasteiger partial charge in [0.25, 0.3) is 0 Å². The third kappa shape index (κ3) is 7.02. The largest absolute Gasteiger partial charge is 0.467 e. The first-order chi connectivity index (χ1) is 13.3. The highest BCUT2D eigenvalue weighted by Gasteiger charge is 1.98. The lowest BCUT2D eigenvalue weighted by atomic mass is 10.4. The molecule has 140 valence electrons. The fourth-order valence-electron chi connectivity index (χ4n) is 2.30. The molecule has 0 fully saturated rings. The summed E-state index contributed by atoms with van der Waals surface area (Å²) < 4.78 is 10.6. The summed E-state index contributed by atoms with van der Waals surface area (Å²) in [6.45, 7) is 4.29. The minimum Gasteiger partial charge on any atom is -0.467 e. The molecular formula is C21H22N2O2S2. The van der Waals surface area contributed by atoms with E-state index in [2.05, 4.69) is 27.8 Å². The van der Waals surface area contributed by atoms with Gasteiger partial charge in [0.05, 0.1) is 19.4 Å². The Morgan fingerprint density at radius 3 is 2.52 bits per heavy atom. The van der Waals surface area contributed by atoms with Crippen molar-refractivity contribution >= 4 is 28.9 Å². The lowest BCUT2D eigenvalue weighted by Crippen LogP contribution is -2.10. The molecule has 0 atom stereocenters. The van der Waals surface area contributed by atoms with E-state index in [-0.39, 0.29) is 0 Å². The standard InChI is InChI=1S/C11H13NOS.C10H9NOS/c1-9-4-5-10(13-9)7-12-8-11-3-2-6-14-11;1-3-9(12-5-1)7-11-8-10-4-2-6-13-10/h2-6,12H,7-8H2,1H3;1-6,8H,7H2. The first-order valence-corrected chi connectivity index (χ1v) is 10.4. The predicted octanol–water partition coefficient (Wildman–Crippen LogP) is 5.90. The van der Waals surface area contributed by atoms with Crippen molar-refractivity contribution in [2.24, 2.45) is 4.99 Å². The minimum atomic E-state index is 0.616. The molecule has 0 aliphatic rings. The highest BCUT2D eigenvalue weighted by atomic mass is 32.1. The number of hydrogen-bond acceptors (Lipinski definition) is 6. The van der Waals surface area contributed by atoms with Crippen LogP contribution in [0.15, 0.2) is 79.4 Å². The fraction of sp³-hybridized carbons (Fsp3) is 0.190. The summed E-state index contributed by atoms with van der Waals surface area (Å²) in [6.07, 6.45) is 3.53. The van der Waals surface area contributed by atoms with Gasteiger partial charge in [-0.2, -0.15) is 0 Å². The number of rotatable bonds is 7. The van der Waals surface area contributed by atoms with Crippen LogP contribution >= 0.6 is 22.7 Å². The third-order valence-corrected chi connectivity index (χ3v) is 5.25. The molecule has 0 saturated carbocycles. The Bertz CT molecular complexity index is 892. The molecule has 0 aliphatic carbocycles. The molecule has 6 heteroatoms. The topological polar surface area (TPSA) is 50.7 Å². The van der Waals surface area contributed by atoms with E-state index >= 15 is 0 Å². The zero-order valence-electron chi connectivity index (χ0n) is 15.1. The molecule has 0 unspecified atom stereocenters. The van der Waals surface area contributed by atoms with Gasteiger partial charge in [-0.1, -0.05) is 12.1 Å². The fourth-order valence-corrected chi connectivity index (χ4v) is 3.58. The third-order valence-electron chi connectivity index (χ3n) is 3.56. The van der Waals surface area contributed by atoms with Gasteiger partial charge in [-0.25, -0.2) is 0 Å². The van der Waals surface area contributed by atoms with Gasteiger partial charge < -0.3 is 14.2 Å². The zero-order valence-corrected chi connectivity index (χ0v) is 16.8. The second kappa shape index (κ2) is 10.7. The van der Waals surface area contributed by atoms with Gasteiger partial charge in [-0.15, -0.1) is 22.7 Å². The summed E-state index contributed by atoms with van der Waals surface area (Å²) in [6, 6.07) is 16.0. The first kappa shape index (κ1) is 19.4. The highest BCUT2D eigenvalue weighted by Crippen LogP contribution is 2.09. The molecule has 0 bridgehead atoms. The van der Waals surface area contributed by atoms with E-state index in [4.69, 9.17) is 8.83 Å². The van der Waals surface area contributed by atoms with Gasteiger partial charge in [-0.05, 0) is 54.1 Å². The number of aliphatic imine (C=N–C) groups is 1. The van der Waals surface area contributed by atoms with Crippen molar-refractivity contribution in [2.45, 2.75) is 26.6 Å². The van der Waals surface area contributed by atoms with Crippen molar-refractivity contribution in [3.63, 3.8) is 0 Å². The normalized spacial score (nSPS) is 10.9. The van der Waals surface area contributed by atoms with Crippen LogP contribution in [0.25, 0.3) is 0 Å². The van der Waals surface area contributed by atoms with Crippen LogP contribution in [0.4, 0.5) is 0 Å². The Morgan fingerprint density at radius 2 is 1.85 bits per heavy atom. The van der Waals surface area contributed by atoms with Crippen LogP contribution in [0.1, 0.15) is 27.0 Å². The van der Waals surface area contributed by atoms with Crippen LogP contribution in [-0.2, 0) is 19.6 Å². The maximum Gasteiger partial charge on any atom is 0.125 e. The number of nitrogens with zero attached hydrogens (tertiary/aromatic N) is 1. The minimum absolute atomic E-state index is 0.616. The van der Waals surface area contributed by atoms with Crippen molar-refractivity contribution in [1.82, 2.24) is 5.32 Å². The maximum atomic E-state index is 5.44. The SMILES string of the molecule is C(=NCc1ccco1)c1cccs1.Cc1ccc(CNCc2cccs2)o1. The summed E-state index contributed by atoms with van der Waals surface area (Å²) in [5.74, 6) is 2.87. The Morgan fingerprint density at radius 1 is 0.963 bits per heavy atom. The van der Waals surface area contributed by atoms with Crippen LogP contribution in [0.5, 0.6) is 0 Å². The van der Waals surface area contributed by atoms with E-state index in [1.54, 1.807) is 28.9 Å². The smallest absolute Gasteiger partial charge is 0.125 e. The molecule has 0 radical (unpaired) electrons. The van der Waals surface area contributed by atoms with Crippen molar-refractivity contribution in [1.29, 1.82) is 0 Å². The van der Waals surface area contributed by atoms with Crippen molar-refractivity contribution in [2.75, 3.05) is 0 Å². The summed E-state index contributed by atoms with van der Waals surface area (Å²) in [7, 11) is 0. The van der Waals surface area contributed by atoms with E-state index in [1.165, 1.54) is 9.75 Å². The number of thiophene rings is 2. The van der Waals surface area contributed by atoms with Gasteiger partial charge in [0.15, 0.2) is 0 Å². The van der Waals surface area contributed by atoms with Crippen LogP contribution in [0.3, 0.4) is 0 Å². The van der Waals surface area contributed by atoms with E-state index in [1.807, 2.05) is 54.9 Å². The van der Waals surface area contributed by atoms with E-state index in [0.29, 0.717) is 6.54 Å². The molecule has 4 aromatic heterocycles. The van der Waals surface area contributed by atoms with Gasteiger partial charge in [-0.3, -0.25) is 4.99 Å². The number of nitrogens with one attached hydrogen (secondary N) is 1. The molecular weight excluding hydrogens is 376 g/mol. The highest BCUT2D eigenvalue weighted by molar-refractivity contribution is 7.11. The molecule has 4 rings (SSSR count). The molecule has 0 spiro atoms. The lowest BCUT2D eigenvalue weighted by molar-refractivity contribution is 0.462. The lowest BCUT2D eigenvalue weighted by Gasteiger charge is -1.99. The average molecular weight is 399 g/mol. The monoisotopic (exact) mass is 398 g/mol. The molecule has 27 heavy (non-hydrogen) atoms. The van der Waals surface area contributed by atoms with Crippen LogP contribution < -0.4 is 5.32 Å². The van der Waals surface area contributed by atoms with Gasteiger partial charge >= 0.3 is 0 Å².